The first-order valence-corrected chi connectivity index (χ1v) is 10.2. The Bertz CT molecular complexity index is 951. The van der Waals surface area contributed by atoms with Crippen molar-refractivity contribution in [1.29, 1.82) is 0 Å². The Morgan fingerprint density at radius 3 is 2.77 bits per heavy atom. The Hall–Kier alpha value is -3.06. The number of pyridine rings is 1. The van der Waals surface area contributed by atoms with Crippen LogP contribution in [0.4, 0.5) is 5.82 Å². The van der Waals surface area contributed by atoms with E-state index in [9.17, 15) is 4.79 Å². The minimum atomic E-state index is -0.135. The number of hydrogen-bond donors (Lipinski definition) is 1. The van der Waals surface area contributed by atoms with Gasteiger partial charge in [0.15, 0.2) is 0 Å². The average Bonchev–Trinajstić information content (AvgIpc) is 3.04. The number of aromatic nitrogens is 3. The van der Waals surface area contributed by atoms with Crippen LogP contribution in [0.25, 0.3) is 0 Å². The highest BCUT2D eigenvalue weighted by molar-refractivity contribution is 6.08. The fourth-order valence-corrected chi connectivity index (χ4v) is 3.63. The van der Waals surface area contributed by atoms with Crippen LogP contribution in [0.3, 0.4) is 0 Å². The molecule has 0 aromatic carbocycles. The van der Waals surface area contributed by atoms with E-state index >= 15 is 0 Å². The molecule has 0 unspecified atom stereocenters. The van der Waals surface area contributed by atoms with Gasteiger partial charge in [-0.15, -0.1) is 0 Å². The summed E-state index contributed by atoms with van der Waals surface area (Å²) in [4.78, 5) is 26.0. The monoisotopic (exact) mass is 407 g/mol. The van der Waals surface area contributed by atoms with Crippen LogP contribution in [0.2, 0.25) is 0 Å². The third-order valence-corrected chi connectivity index (χ3v) is 5.24. The third kappa shape index (κ3) is 5.10. The molecular weight excluding hydrogens is 378 g/mol. The van der Waals surface area contributed by atoms with E-state index in [2.05, 4.69) is 21.9 Å². The van der Waals surface area contributed by atoms with Gasteiger partial charge in [0.05, 0.1) is 11.4 Å². The quantitative estimate of drug-likeness (QED) is 0.705. The molecule has 1 aliphatic heterocycles. The highest BCUT2D eigenvalue weighted by atomic mass is 16.5. The summed E-state index contributed by atoms with van der Waals surface area (Å²) in [6.45, 7) is 11.4. The first kappa shape index (κ1) is 21.6. The number of amides is 1. The van der Waals surface area contributed by atoms with E-state index < -0.39 is 0 Å². The normalized spacial score (nSPS) is 15.5. The second-order valence-electron chi connectivity index (χ2n) is 7.28. The standard InChI is InChI=1S/C23H29N5O2/c1-5-11-24-20(6-2)19-7-8-21(25-14-19)27-22(29)15-28-16(3)23(26-17(28)4)18-9-12-30-13-10-18/h5-8,11,14,18H,2,9-10,12-13,15H2,1,3-4H3,(H,25,27,29)/b11-5-,24-20+. The van der Waals surface area contributed by atoms with Gasteiger partial charge in [0.2, 0.25) is 5.91 Å². The van der Waals surface area contributed by atoms with Crippen LogP contribution in [0, 0.1) is 13.8 Å². The Morgan fingerprint density at radius 1 is 1.37 bits per heavy atom. The SMILES string of the molecule is C=C/C(=N\C=C/C)c1ccc(NC(=O)Cn2c(C)nc(C3CCOCC3)c2C)nc1. The molecule has 7 heteroatoms. The molecule has 30 heavy (non-hydrogen) atoms. The van der Waals surface area contributed by atoms with Crippen molar-refractivity contribution in [3.63, 3.8) is 0 Å². The van der Waals surface area contributed by atoms with Gasteiger partial charge in [-0.1, -0.05) is 12.7 Å². The number of carbonyl (C=O) groups excluding carboxylic acids is 1. The van der Waals surface area contributed by atoms with Crippen LogP contribution in [0.1, 0.15) is 48.5 Å². The number of allylic oxidation sites excluding steroid dienone is 2. The molecule has 0 saturated carbocycles. The lowest BCUT2D eigenvalue weighted by atomic mass is 9.95. The number of hydrogen-bond acceptors (Lipinski definition) is 5. The first-order valence-electron chi connectivity index (χ1n) is 10.2. The maximum atomic E-state index is 12.6. The summed E-state index contributed by atoms with van der Waals surface area (Å²) in [5, 5.41) is 2.86. The molecule has 0 bridgehead atoms. The zero-order valence-electron chi connectivity index (χ0n) is 17.9. The van der Waals surface area contributed by atoms with Crippen LogP contribution in [0.15, 0.2) is 48.3 Å². The number of nitrogens with zero attached hydrogens (tertiary/aromatic N) is 4. The molecular formula is C23H29N5O2. The summed E-state index contributed by atoms with van der Waals surface area (Å²) in [5.41, 5.74) is 3.70. The number of aryl methyl sites for hydroxylation is 1. The number of ether oxygens (including phenoxy) is 1. The van der Waals surface area contributed by atoms with Gasteiger partial charge in [-0.05, 0) is 51.8 Å². The minimum absolute atomic E-state index is 0.135. The molecule has 2 aromatic heterocycles. The number of anilines is 1. The van der Waals surface area contributed by atoms with E-state index in [4.69, 9.17) is 9.72 Å². The molecule has 2 aromatic rings. The third-order valence-electron chi connectivity index (χ3n) is 5.24. The zero-order valence-corrected chi connectivity index (χ0v) is 17.9. The van der Waals surface area contributed by atoms with Gasteiger partial charge in [-0.3, -0.25) is 9.79 Å². The average molecular weight is 408 g/mol. The lowest BCUT2D eigenvalue weighted by Gasteiger charge is -2.21. The molecule has 3 rings (SSSR count). The lowest BCUT2D eigenvalue weighted by molar-refractivity contribution is -0.116. The van der Waals surface area contributed by atoms with Crippen molar-refractivity contribution in [3.8, 4) is 0 Å². The second-order valence-corrected chi connectivity index (χ2v) is 7.28. The van der Waals surface area contributed by atoms with Gasteiger partial charge in [0, 0.05) is 42.8 Å². The molecule has 3 heterocycles. The summed E-state index contributed by atoms with van der Waals surface area (Å²) in [6, 6.07) is 3.63. The number of rotatable bonds is 7. The molecule has 1 amide bonds. The fourth-order valence-electron chi connectivity index (χ4n) is 3.63. The van der Waals surface area contributed by atoms with Crippen LogP contribution in [-0.2, 0) is 16.1 Å². The fraction of sp³-hybridized carbons (Fsp3) is 0.391. The molecule has 0 atom stereocenters. The van der Waals surface area contributed by atoms with Crippen molar-refractivity contribution in [2.45, 2.75) is 46.1 Å². The maximum Gasteiger partial charge on any atom is 0.245 e. The van der Waals surface area contributed by atoms with E-state index in [0.717, 1.165) is 54.5 Å². The molecule has 1 N–H and O–H groups in total. The molecule has 7 nitrogen and oxygen atoms in total. The van der Waals surface area contributed by atoms with Gasteiger partial charge in [0.1, 0.15) is 18.2 Å². The lowest BCUT2D eigenvalue weighted by Crippen LogP contribution is -2.21. The minimum Gasteiger partial charge on any atom is -0.381 e. The summed E-state index contributed by atoms with van der Waals surface area (Å²) in [5.74, 6) is 1.62. The smallest absolute Gasteiger partial charge is 0.245 e. The van der Waals surface area contributed by atoms with Crippen molar-refractivity contribution in [3.05, 3.63) is 66.0 Å². The molecule has 158 valence electrons. The molecule has 0 aliphatic carbocycles. The highest BCUT2D eigenvalue weighted by Crippen LogP contribution is 2.29. The highest BCUT2D eigenvalue weighted by Gasteiger charge is 2.23. The number of carbonyl (C=O) groups is 1. The maximum absolute atomic E-state index is 12.6. The van der Waals surface area contributed by atoms with E-state index in [-0.39, 0.29) is 12.5 Å². The van der Waals surface area contributed by atoms with E-state index in [1.165, 1.54) is 0 Å². The number of aliphatic imine (C=N–C) groups is 1. The summed E-state index contributed by atoms with van der Waals surface area (Å²) in [7, 11) is 0. The topological polar surface area (TPSA) is 81.4 Å². The molecule has 0 radical (unpaired) electrons. The molecule has 0 spiro atoms. The first-order chi connectivity index (χ1) is 14.5. The second kappa shape index (κ2) is 10.1. The number of nitrogens with one attached hydrogen (secondary N) is 1. The summed E-state index contributed by atoms with van der Waals surface area (Å²) < 4.78 is 7.42. The van der Waals surface area contributed by atoms with Crippen LogP contribution in [0.5, 0.6) is 0 Å². The van der Waals surface area contributed by atoms with Gasteiger partial charge < -0.3 is 14.6 Å². The summed E-state index contributed by atoms with van der Waals surface area (Å²) in [6.07, 6.45) is 8.86. The number of imidazole rings is 1. The largest absolute Gasteiger partial charge is 0.381 e. The molecule has 1 fully saturated rings. The van der Waals surface area contributed by atoms with E-state index in [0.29, 0.717) is 11.7 Å². The van der Waals surface area contributed by atoms with Gasteiger partial charge in [-0.2, -0.15) is 0 Å². The Labute approximate surface area is 177 Å². The molecule has 1 saturated heterocycles. The van der Waals surface area contributed by atoms with Gasteiger partial charge >= 0.3 is 0 Å². The van der Waals surface area contributed by atoms with Gasteiger partial charge in [-0.25, -0.2) is 9.97 Å². The van der Waals surface area contributed by atoms with E-state index in [1.54, 1.807) is 24.5 Å². The van der Waals surface area contributed by atoms with Crippen LogP contribution in [-0.4, -0.2) is 39.4 Å². The van der Waals surface area contributed by atoms with Crippen molar-refractivity contribution in [2.24, 2.45) is 4.99 Å². The zero-order chi connectivity index (χ0) is 21.5. The predicted molar refractivity (Wildman–Crippen MR) is 119 cm³/mol. The Kier molecular flexibility index (Phi) is 7.30. The van der Waals surface area contributed by atoms with E-state index in [1.807, 2.05) is 37.5 Å². The summed E-state index contributed by atoms with van der Waals surface area (Å²) >= 11 is 0. The predicted octanol–water partition coefficient (Wildman–Crippen LogP) is 3.94. The molecule has 1 aliphatic rings. The van der Waals surface area contributed by atoms with Crippen molar-refractivity contribution >= 4 is 17.4 Å². The van der Waals surface area contributed by atoms with Crippen LogP contribution < -0.4 is 5.32 Å². The van der Waals surface area contributed by atoms with Crippen LogP contribution >= 0.6 is 0 Å². The van der Waals surface area contributed by atoms with Gasteiger partial charge in [0.25, 0.3) is 0 Å². The Morgan fingerprint density at radius 2 is 2.13 bits per heavy atom. The van der Waals surface area contributed by atoms with Crippen molar-refractivity contribution < 1.29 is 9.53 Å². The Balaban J connectivity index is 1.67. The van der Waals surface area contributed by atoms with Crippen molar-refractivity contribution in [1.82, 2.24) is 14.5 Å². The van der Waals surface area contributed by atoms with Crippen molar-refractivity contribution in [2.75, 3.05) is 18.5 Å².